The molecular formula is C21H22F3N3O3. The largest absolute Gasteiger partial charge is 0.393 e. The highest BCUT2D eigenvalue weighted by Crippen LogP contribution is 2.38. The minimum Gasteiger partial charge on any atom is -0.355 e. The van der Waals surface area contributed by atoms with Crippen molar-refractivity contribution in [3.05, 3.63) is 75.8 Å². The Kier molecular flexibility index (Phi) is 6.71. The summed E-state index contributed by atoms with van der Waals surface area (Å²) >= 11 is 0. The summed E-state index contributed by atoms with van der Waals surface area (Å²) < 4.78 is 40.5. The zero-order valence-electron chi connectivity index (χ0n) is 16.1. The minimum atomic E-state index is -4.45. The Labute approximate surface area is 171 Å². The number of hydrogen-bond donors (Lipinski definition) is 1. The van der Waals surface area contributed by atoms with Gasteiger partial charge in [0.15, 0.2) is 0 Å². The second-order valence-electron chi connectivity index (χ2n) is 7.40. The lowest BCUT2D eigenvalue weighted by molar-refractivity contribution is -0.384. The summed E-state index contributed by atoms with van der Waals surface area (Å²) in [4.78, 5) is 24.3. The van der Waals surface area contributed by atoms with Crippen molar-refractivity contribution in [2.45, 2.75) is 19.1 Å². The van der Waals surface area contributed by atoms with Crippen LogP contribution in [0.15, 0.2) is 54.6 Å². The standard InChI is InChI=1S/C21H22F3N3O3/c22-21(23,24)19-14-26(12-16-4-2-1-3-5-16)13-18(19)20(28)25-11-10-15-6-8-17(9-7-15)27(29)30/h1-9,18-19H,10-14H2,(H,25,28)/t18-,19+/m0/s1. The number of carbonyl (C=O) groups is 1. The lowest BCUT2D eigenvalue weighted by Crippen LogP contribution is -2.40. The van der Waals surface area contributed by atoms with Gasteiger partial charge in [-0.25, -0.2) is 0 Å². The average molecular weight is 421 g/mol. The maximum absolute atomic E-state index is 13.5. The molecule has 0 spiro atoms. The lowest BCUT2D eigenvalue weighted by Gasteiger charge is -2.20. The normalized spacial score (nSPS) is 19.6. The third-order valence-corrected chi connectivity index (χ3v) is 5.26. The Bertz CT molecular complexity index is 873. The van der Waals surface area contributed by atoms with Crippen molar-refractivity contribution in [1.82, 2.24) is 10.2 Å². The molecule has 1 N–H and O–H groups in total. The zero-order chi connectivity index (χ0) is 21.7. The average Bonchev–Trinajstić information content (AvgIpc) is 3.13. The molecule has 0 bridgehead atoms. The highest BCUT2D eigenvalue weighted by Gasteiger charge is 2.52. The number of nitrogens with one attached hydrogen (secondary N) is 1. The molecule has 0 aromatic heterocycles. The molecule has 1 amide bonds. The summed E-state index contributed by atoms with van der Waals surface area (Å²) in [7, 11) is 0. The van der Waals surface area contributed by atoms with E-state index in [1.54, 1.807) is 17.0 Å². The van der Waals surface area contributed by atoms with Crippen LogP contribution in [0.5, 0.6) is 0 Å². The number of amides is 1. The van der Waals surface area contributed by atoms with Gasteiger partial charge in [-0.05, 0) is 17.5 Å². The zero-order valence-corrected chi connectivity index (χ0v) is 16.1. The number of rotatable bonds is 7. The Morgan fingerprint density at radius 3 is 2.33 bits per heavy atom. The van der Waals surface area contributed by atoms with Crippen LogP contribution in [0.3, 0.4) is 0 Å². The molecule has 2 aromatic rings. The lowest BCUT2D eigenvalue weighted by atomic mass is 9.94. The van der Waals surface area contributed by atoms with Crippen molar-refractivity contribution >= 4 is 11.6 Å². The molecule has 1 heterocycles. The Morgan fingerprint density at radius 1 is 1.07 bits per heavy atom. The summed E-state index contributed by atoms with van der Waals surface area (Å²) in [6.07, 6.45) is -4.08. The van der Waals surface area contributed by atoms with E-state index >= 15 is 0 Å². The highest BCUT2D eigenvalue weighted by atomic mass is 19.4. The second kappa shape index (κ2) is 9.25. The van der Waals surface area contributed by atoms with E-state index < -0.39 is 28.8 Å². The Morgan fingerprint density at radius 2 is 1.73 bits per heavy atom. The van der Waals surface area contributed by atoms with Gasteiger partial charge >= 0.3 is 6.18 Å². The number of alkyl halides is 3. The molecule has 0 radical (unpaired) electrons. The highest BCUT2D eigenvalue weighted by molar-refractivity contribution is 5.79. The molecular weight excluding hydrogens is 399 g/mol. The van der Waals surface area contributed by atoms with Gasteiger partial charge < -0.3 is 5.32 Å². The first kappa shape index (κ1) is 21.8. The van der Waals surface area contributed by atoms with Gasteiger partial charge in [0.25, 0.3) is 5.69 Å². The molecule has 1 fully saturated rings. The Hall–Kier alpha value is -2.94. The van der Waals surface area contributed by atoms with Crippen LogP contribution < -0.4 is 5.32 Å². The van der Waals surface area contributed by atoms with Gasteiger partial charge in [0, 0.05) is 38.3 Å². The quantitative estimate of drug-likeness (QED) is 0.548. The van der Waals surface area contributed by atoms with Gasteiger partial charge in [0.1, 0.15) is 0 Å². The summed E-state index contributed by atoms with van der Waals surface area (Å²) in [5.74, 6) is -3.49. The molecule has 1 saturated heterocycles. The van der Waals surface area contributed by atoms with Crippen molar-refractivity contribution in [2.75, 3.05) is 19.6 Å². The van der Waals surface area contributed by atoms with E-state index in [-0.39, 0.29) is 25.3 Å². The van der Waals surface area contributed by atoms with Crippen LogP contribution in [0.25, 0.3) is 0 Å². The van der Waals surface area contributed by atoms with E-state index in [4.69, 9.17) is 0 Å². The van der Waals surface area contributed by atoms with Crippen LogP contribution in [-0.2, 0) is 17.8 Å². The maximum Gasteiger partial charge on any atom is 0.393 e. The number of nitro benzene ring substituents is 1. The molecule has 1 aliphatic heterocycles. The monoisotopic (exact) mass is 421 g/mol. The van der Waals surface area contributed by atoms with Crippen molar-refractivity contribution in [3.63, 3.8) is 0 Å². The molecule has 9 heteroatoms. The molecule has 0 aliphatic carbocycles. The molecule has 160 valence electrons. The molecule has 30 heavy (non-hydrogen) atoms. The van der Waals surface area contributed by atoms with Crippen molar-refractivity contribution in [3.8, 4) is 0 Å². The fraction of sp³-hybridized carbons (Fsp3) is 0.381. The van der Waals surface area contributed by atoms with E-state index in [1.165, 1.54) is 12.1 Å². The van der Waals surface area contributed by atoms with E-state index in [2.05, 4.69) is 5.32 Å². The SMILES string of the molecule is O=C(NCCc1ccc([N+](=O)[O-])cc1)[C@H]1CN(Cc2ccccc2)C[C@H]1C(F)(F)F. The van der Waals surface area contributed by atoms with Crippen molar-refractivity contribution in [1.29, 1.82) is 0 Å². The number of hydrogen-bond acceptors (Lipinski definition) is 4. The van der Waals surface area contributed by atoms with Gasteiger partial charge in [0.2, 0.25) is 5.91 Å². The second-order valence-corrected chi connectivity index (χ2v) is 7.40. The molecule has 0 saturated carbocycles. The van der Waals surface area contributed by atoms with Gasteiger partial charge in [-0.15, -0.1) is 0 Å². The fourth-order valence-corrected chi connectivity index (χ4v) is 3.70. The number of nitrogens with zero attached hydrogens (tertiary/aromatic N) is 2. The molecule has 0 unspecified atom stereocenters. The molecule has 1 aliphatic rings. The van der Waals surface area contributed by atoms with Gasteiger partial charge in [-0.1, -0.05) is 42.5 Å². The first-order chi connectivity index (χ1) is 14.2. The number of halogens is 3. The number of likely N-dealkylation sites (tertiary alicyclic amines) is 1. The third-order valence-electron chi connectivity index (χ3n) is 5.26. The van der Waals surface area contributed by atoms with E-state index in [9.17, 15) is 28.1 Å². The van der Waals surface area contributed by atoms with E-state index in [1.807, 2.05) is 30.3 Å². The van der Waals surface area contributed by atoms with Crippen LogP contribution in [0.1, 0.15) is 11.1 Å². The third kappa shape index (κ3) is 5.56. The van der Waals surface area contributed by atoms with Gasteiger partial charge in [0.05, 0.1) is 16.8 Å². The van der Waals surface area contributed by atoms with Crippen LogP contribution in [0.4, 0.5) is 18.9 Å². The summed E-state index contributed by atoms with van der Waals surface area (Å²) in [6.45, 7) is 0.359. The molecule has 6 nitrogen and oxygen atoms in total. The van der Waals surface area contributed by atoms with Gasteiger partial charge in [-0.3, -0.25) is 19.8 Å². The summed E-state index contributed by atoms with van der Waals surface area (Å²) in [5.41, 5.74) is 1.61. The number of non-ortho nitro benzene ring substituents is 1. The molecule has 2 aromatic carbocycles. The summed E-state index contributed by atoms with van der Waals surface area (Å²) in [5, 5.41) is 13.3. The van der Waals surface area contributed by atoms with E-state index in [0.717, 1.165) is 11.1 Å². The van der Waals surface area contributed by atoms with Gasteiger partial charge in [-0.2, -0.15) is 13.2 Å². The van der Waals surface area contributed by atoms with Crippen LogP contribution in [-0.4, -0.2) is 41.5 Å². The first-order valence-corrected chi connectivity index (χ1v) is 9.58. The predicted molar refractivity (Wildman–Crippen MR) is 105 cm³/mol. The number of benzene rings is 2. The Balaban J connectivity index is 1.57. The van der Waals surface area contributed by atoms with Crippen LogP contribution in [0.2, 0.25) is 0 Å². The van der Waals surface area contributed by atoms with Crippen LogP contribution in [0, 0.1) is 22.0 Å². The van der Waals surface area contributed by atoms with Crippen LogP contribution >= 0.6 is 0 Å². The van der Waals surface area contributed by atoms with Crippen molar-refractivity contribution in [2.24, 2.45) is 11.8 Å². The summed E-state index contributed by atoms with van der Waals surface area (Å²) in [6, 6.07) is 15.0. The number of nitro groups is 1. The number of carbonyl (C=O) groups excluding carboxylic acids is 1. The first-order valence-electron chi connectivity index (χ1n) is 9.58. The molecule has 3 rings (SSSR count). The minimum absolute atomic E-state index is 0.0414. The topological polar surface area (TPSA) is 75.5 Å². The smallest absolute Gasteiger partial charge is 0.355 e. The maximum atomic E-state index is 13.5. The predicted octanol–water partition coefficient (Wildman–Crippen LogP) is 3.56. The van der Waals surface area contributed by atoms with Crippen molar-refractivity contribution < 1.29 is 22.9 Å². The molecule has 2 atom stereocenters. The fourth-order valence-electron chi connectivity index (χ4n) is 3.70. The van der Waals surface area contributed by atoms with E-state index in [0.29, 0.717) is 13.0 Å².